The number of allylic oxidation sites excluding steroid dienone is 1. The summed E-state index contributed by atoms with van der Waals surface area (Å²) < 4.78 is 6.58. The van der Waals surface area contributed by atoms with Gasteiger partial charge >= 0.3 is 0 Å². The number of hydrogen-bond acceptors (Lipinski definition) is 3. The number of hydrogen-bond donors (Lipinski definition) is 0. The molecule has 1 spiro atoms. The molecule has 1 heterocycles. The maximum absolute atomic E-state index is 11.2. The first-order valence-corrected chi connectivity index (χ1v) is 12.0. The van der Waals surface area contributed by atoms with Gasteiger partial charge in [-0.05, 0) is 98.7 Å². The van der Waals surface area contributed by atoms with Crippen LogP contribution in [0.15, 0.2) is 29.0 Å². The molecule has 7 aliphatic rings. The summed E-state index contributed by atoms with van der Waals surface area (Å²) in [5.74, 6) is 6.91. The maximum Gasteiger partial charge on any atom is 0.110 e. The summed E-state index contributed by atoms with van der Waals surface area (Å²) in [6, 6.07) is -0.0453. The lowest BCUT2D eigenvalue weighted by molar-refractivity contribution is -0.142. The van der Waals surface area contributed by atoms with E-state index in [0.717, 1.165) is 60.4 Å². The summed E-state index contributed by atoms with van der Waals surface area (Å²) in [4.78, 5) is 11.2. The van der Waals surface area contributed by atoms with Gasteiger partial charge in [0.2, 0.25) is 0 Å². The van der Waals surface area contributed by atoms with Gasteiger partial charge in [0.25, 0.3) is 0 Å². The van der Waals surface area contributed by atoms with Crippen molar-refractivity contribution in [1.29, 1.82) is 0 Å². The molecule has 5 saturated carbocycles. The molecular formula is C25H33NO2. The molecule has 6 aliphatic carbocycles. The van der Waals surface area contributed by atoms with E-state index in [1.165, 1.54) is 44.9 Å². The fourth-order valence-electron chi connectivity index (χ4n) is 9.55. The molecular weight excluding hydrogens is 346 g/mol. The van der Waals surface area contributed by atoms with Crippen LogP contribution in [0.3, 0.4) is 0 Å². The van der Waals surface area contributed by atoms with E-state index in [1.54, 1.807) is 5.57 Å². The van der Waals surface area contributed by atoms with E-state index in [-0.39, 0.29) is 11.6 Å². The fourth-order valence-corrected chi connectivity index (χ4v) is 9.55. The van der Waals surface area contributed by atoms with Crippen LogP contribution in [0.2, 0.25) is 0 Å². The molecule has 0 aromatic carbocycles. The van der Waals surface area contributed by atoms with Crippen LogP contribution in [-0.2, 0) is 4.74 Å². The Bertz CT molecular complexity index is 783. The third-order valence-electron chi connectivity index (χ3n) is 10.7. The van der Waals surface area contributed by atoms with Crippen molar-refractivity contribution in [1.82, 2.24) is 0 Å². The fraction of sp³-hybridized carbons (Fsp3) is 0.840. The second-order valence-corrected chi connectivity index (χ2v) is 11.5. The van der Waals surface area contributed by atoms with Crippen molar-refractivity contribution in [3.05, 3.63) is 28.7 Å². The van der Waals surface area contributed by atoms with Crippen LogP contribution in [0.25, 0.3) is 0 Å². The van der Waals surface area contributed by atoms with Gasteiger partial charge in [0, 0.05) is 5.41 Å². The lowest BCUT2D eigenvalue weighted by atomic mass is 9.46. The number of rotatable bonds is 2. The summed E-state index contributed by atoms with van der Waals surface area (Å²) in [6.45, 7) is 3.44. The van der Waals surface area contributed by atoms with Crippen molar-refractivity contribution in [3.8, 4) is 0 Å². The van der Waals surface area contributed by atoms with Crippen molar-refractivity contribution in [2.75, 3.05) is 6.61 Å². The Kier molecular flexibility index (Phi) is 3.23. The summed E-state index contributed by atoms with van der Waals surface area (Å²) in [5.41, 5.74) is 2.05. The van der Waals surface area contributed by atoms with Crippen LogP contribution in [-0.4, -0.2) is 18.2 Å². The molecule has 0 N–H and O–H groups in total. The molecule has 7 unspecified atom stereocenters. The van der Waals surface area contributed by atoms with Crippen LogP contribution in [0.4, 0.5) is 0 Å². The van der Waals surface area contributed by atoms with Crippen LogP contribution in [0, 0.1) is 57.7 Å². The Balaban J connectivity index is 1.31. The minimum atomic E-state index is -0.0453. The number of nitrogens with zero attached hydrogens (tertiary/aromatic N) is 1. The van der Waals surface area contributed by atoms with Gasteiger partial charge in [-0.3, -0.25) is 0 Å². The quantitative estimate of drug-likeness (QED) is 0.469. The zero-order valence-electron chi connectivity index (χ0n) is 17.1. The van der Waals surface area contributed by atoms with Crippen LogP contribution in [0.1, 0.15) is 58.3 Å². The zero-order valence-corrected chi connectivity index (χ0v) is 17.1. The maximum atomic E-state index is 11.2. The zero-order chi connectivity index (χ0) is 18.7. The second kappa shape index (κ2) is 5.39. The first kappa shape index (κ1) is 16.8. The smallest absolute Gasteiger partial charge is 0.110 e. The molecule has 0 aromatic heterocycles. The molecule has 7 rings (SSSR count). The minimum absolute atomic E-state index is 0.0453. The Hall–Kier alpha value is -0.960. The number of nitroso groups, excluding NO2 is 1. The molecule has 3 heteroatoms. The lowest BCUT2D eigenvalue weighted by Gasteiger charge is -2.59. The Morgan fingerprint density at radius 1 is 1.11 bits per heavy atom. The van der Waals surface area contributed by atoms with Gasteiger partial charge in [0.15, 0.2) is 0 Å². The minimum Gasteiger partial charge on any atom is -0.366 e. The van der Waals surface area contributed by atoms with E-state index in [2.05, 4.69) is 30.3 Å². The molecule has 150 valence electrons. The summed E-state index contributed by atoms with van der Waals surface area (Å²) in [7, 11) is 0. The van der Waals surface area contributed by atoms with Crippen LogP contribution in [0.5, 0.6) is 0 Å². The average Bonchev–Trinajstić information content (AvgIpc) is 3.64. The first-order valence-electron chi connectivity index (χ1n) is 12.0. The van der Waals surface area contributed by atoms with Gasteiger partial charge in [-0.15, -0.1) is 0 Å². The van der Waals surface area contributed by atoms with E-state index in [4.69, 9.17) is 4.74 Å². The lowest BCUT2D eigenvalue weighted by Crippen LogP contribution is -2.56. The Morgan fingerprint density at radius 2 is 2.00 bits per heavy atom. The van der Waals surface area contributed by atoms with Crippen LogP contribution >= 0.6 is 0 Å². The number of ether oxygens (including phenoxy) is 1. The SMILES string of the molecule is C[C@]12CCC3C(C(C4CC4)CC4=CC(N=O)CC[C@@H]43)C1C1CC1[C@@]21C=CCO1. The third kappa shape index (κ3) is 1.91. The molecule has 5 fully saturated rings. The number of fused-ring (bicyclic) bond motifs is 9. The van der Waals surface area contributed by atoms with Gasteiger partial charge in [-0.1, -0.05) is 35.9 Å². The van der Waals surface area contributed by atoms with Crippen LogP contribution < -0.4 is 0 Å². The molecule has 28 heavy (non-hydrogen) atoms. The van der Waals surface area contributed by atoms with E-state index < -0.39 is 0 Å². The average molecular weight is 380 g/mol. The summed E-state index contributed by atoms with van der Waals surface area (Å²) in [6.07, 6.45) is 17.6. The molecule has 0 radical (unpaired) electrons. The molecule has 0 saturated heterocycles. The van der Waals surface area contributed by atoms with Crippen molar-refractivity contribution < 1.29 is 4.74 Å². The van der Waals surface area contributed by atoms with Gasteiger partial charge in [0.05, 0.1) is 12.2 Å². The Morgan fingerprint density at radius 3 is 2.75 bits per heavy atom. The van der Waals surface area contributed by atoms with E-state index in [0.29, 0.717) is 5.41 Å². The summed E-state index contributed by atoms with van der Waals surface area (Å²) >= 11 is 0. The third-order valence-corrected chi connectivity index (χ3v) is 10.7. The van der Waals surface area contributed by atoms with Crippen molar-refractivity contribution >= 4 is 0 Å². The highest BCUT2D eigenvalue weighted by molar-refractivity contribution is 5.34. The van der Waals surface area contributed by atoms with E-state index >= 15 is 0 Å². The Labute approximate surface area is 168 Å². The van der Waals surface area contributed by atoms with Crippen molar-refractivity contribution in [2.45, 2.75) is 69.9 Å². The molecule has 3 nitrogen and oxygen atoms in total. The van der Waals surface area contributed by atoms with Crippen molar-refractivity contribution in [2.24, 2.45) is 57.9 Å². The highest BCUT2D eigenvalue weighted by Gasteiger charge is 2.77. The van der Waals surface area contributed by atoms with Crippen molar-refractivity contribution in [3.63, 3.8) is 0 Å². The topological polar surface area (TPSA) is 38.7 Å². The van der Waals surface area contributed by atoms with Gasteiger partial charge in [0.1, 0.15) is 6.04 Å². The highest BCUT2D eigenvalue weighted by atomic mass is 16.5. The molecule has 0 aromatic rings. The largest absolute Gasteiger partial charge is 0.366 e. The van der Waals surface area contributed by atoms with E-state index in [9.17, 15) is 4.91 Å². The second-order valence-electron chi connectivity index (χ2n) is 11.5. The first-order chi connectivity index (χ1) is 13.7. The molecule has 10 atom stereocenters. The normalized spacial score (nSPS) is 58.5. The predicted octanol–water partition coefficient (Wildman–Crippen LogP) is 5.51. The van der Waals surface area contributed by atoms with Gasteiger partial charge < -0.3 is 4.74 Å². The predicted molar refractivity (Wildman–Crippen MR) is 108 cm³/mol. The van der Waals surface area contributed by atoms with E-state index in [1.807, 2.05) is 0 Å². The highest BCUT2D eigenvalue weighted by Crippen LogP contribution is 2.78. The molecule has 0 amide bonds. The monoisotopic (exact) mass is 379 g/mol. The standard InChI is InChI=1S/C25H33NO2/c1-24-9-7-18-17-6-5-16(26-27)11-15(17)12-19(14-3-4-14)22(18)23(24)20-13-21(20)25(24)8-2-10-28-25/h2,8,11,14,16-23H,3-7,9-10,12-13H2,1H3/t16?,17-,18?,19?,20?,21?,22?,23?,24-,25-/m0/s1. The molecule has 1 aliphatic heterocycles. The van der Waals surface area contributed by atoms with Gasteiger partial charge in [-0.25, -0.2) is 0 Å². The summed E-state index contributed by atoms with van der Waals surface area (Å²) in [5, 5.41) is 3.41. The van der Waals surface area contributed by atoms with Gasteiger partial charge in [-0.2, -0.15) is 4.91 Å². The molecule has 0 bridgehead atoms.